The summed E-state index contributed by atoms with van der Waals surface area (Å²) in [5.41, 5.74) is 2.76. The van der Waals surface area contributed by atoms with E-state index in [1.807, 2.05) is 24.3 Å². The smallest absolute Gasteiger partial charge is 0.250 e. The van der Waals surface area contributed by atoms with Crippen LogP contribution in [0.4, 0.5) is 5.13 Å². The predicted molar refractivity (Wildman–Crippen MR) is 115 cm³/mol. The van der Waals surface area contributed by atoms with Crippen molar-refractivity contribution in [3.05, 3.63) is 65.5 Å². The zero-order chi connectivity index (χ0) is 20.9. The summed E-state index contributed by atoms with van der Waals surface area (Å²) in [6, 6.07) is 11.1. The molecule has 0 unspecified atom stereocenters. The van der Waals surface area contributed by atoms with E-state index in [0.717, 1.165) is 11.0 Å². The second-order valence-electron chi connectivity index (χ2n) is 6.32. The number of fused-ring (bicyclic) bond motifs is 1. The van der Waals surface area contributed by atoms with E-state index >= 15 is 0 Å². The molecular weight excluding hydrogens is 402 g/mol. The van der Waals surface area contributed by atoms with Crippen LogP contribution < -0.4 is 10.6 Å². The summed E-state index contributed by atoms with van der Waals surface area (Å²) < 4.78 is 5.67. The molecule has 8 nitrogen and oxygen atoms in total. The third-order valence-corrected chi connectivity index (χ3v) is 4.79. The molecule has 0 fully saturated rings. The molecule has 0 saturated heterocycles. The lowest BCUT2D eigenvalue weighted by molar-refractivity contribution is -0.119. The SMILES string of the molecule is CC(=O)NCc1ccc(-c2csc(NC(=O)/C=C/c3cnc4ccccc4n3)n2)o1. The van der Waals surface area contributed by atoms with Crippen molar-refractivity contribution < 1.29 is 14.0 Å². The Bertz CT molecular complexity index is 1240. The normalized spacial score (nSPS) is 11.1. The van der Waals surface area contributed by atoms with Gasteiger partial charge in [-0.1, -0.05) is 12.1 Å². The summed E-state index contributed by atoms with van der Waals surface area (Å²) in [5.74, 6) is 0.735. The minimum Gasteiger partial charge on any atom is -0.458 e. The van der Waals surface area contributed by atoms with E-state index < -0.39 is 0 Å². The summed E-state index contributed by atoms with van der Waals surface area (Å²) in [7, 11) is 0. The first-order valence-corrected chi connectivity index (χ1v) is 9.95. The van der Waals surface area contributed by atoms with Gasteiger partial charge < -0.3 is 9.73 Å². The number of hydrogen-bond acceptors (Lipinski definition) is 7. The van der Waals surface area contributed by atoms with Gasteiger partial charge in [-0.25, -0.2) is 9.97 Å². The maximum atomic E-state index is 12.2. The highest BCUT2D eigenvalue weighted by Gasteiger charge is 2.11. The van der Waals surface area contributed by atoms with Crippen LogP contribution in [-0.4, -0.2) is 26.8 Å². The van der Waals surface area contributed by atoms with Crippen LogP contribution in [0.15, 0.2) is 58.5 Å². The minimum absolute atomic E-state index is 0.130. The molecule has 0 bridgehead atoms. The van der Waals surface area contributed by atoms with Crippen molar-refractivity contribution in [1.29, 1.82) is 0 Å². The Morgan fingerprint density at radius 2 is 1.97 bits per heavy atom. The number of aromatic nitrogens is 3. The van der Waals surface area contributed by atoms with Gasteiger partial charge in [-0.2, -0.15) is 0 Å². The summed E-state index contributed by atoms with van der Waals surface area (Å²) in [5, 5.41) is 7.63. The topological polar surface area (TPSA) is 110 Å². The Kier molecular flexibility index (Phi) is 5.62. The van der Waals surface area contributed by atoms with Gasteiger partial charge in [-0.05, 0) is 30.3 Å². The molecule has 2 N–H and O–H groups in total. The Morgan fingerprint density at radius 1 is 1.13 bits per heavy atom. The Hall–Kier alpha value is -3.85. The second kappa shape index (κ2) is 8.66. The molecular formula is C21H17N5O3S. The lowest BCUT2D eigenvalue weighted by atomic mass is 10.3. The van der Waals surface area contributed by atoms with Gasteiger partial charge in [-0.15, -0.1) is 11.3 Å². The highest BCUT2D eigenvalue weighted by Crippen LogP contribution is 2.26. The number of thiazole rings is 1. The molecule has 3 aromatic heterocycles. The lowest BCUT2D eigenvalue weighted by Gasteiger charge is -1.98. The van der Waals surface area contributed by atoms with Gasteiger partial charge in [0.25, 0.3) is 0 Å². The number of furan rings is 1. The summed E-state index contributed by atoms with van der Waals surface area (Å²) >= 11 is 1.29. The summed E-state index contributed by atoms with van der Waals surface area (Å²) in [4.78, 5) is 36.3. The van der Waals surface area contributed by atoms with Gasteiger partial charge >= 0.3 is 0 Å². The molecule has 0 spiro atoms. The number of carbonyl (C=O) groups excluding carboxylic acids is 2. The molecule has 0 aliphatic heterocycles. The fourth-order valence-corrected chi connectivity index (χ4v) is 3.33. The van der Waals surface area contributed by atoms with E-state index in [1.54, 1.807) is 29.8 Å². The number of hydrogen-bond donors (Lipinski definition) is 2. The molecule has 0 radical (unpaired) electrons. The van der Waals surface area contributed by atoms with E-state index in [0.29, 0.717) is 34.6 Å². The molecule has 0 saturated carbocycles. The largest absolute Gasteiger partial charge is 0.458 e. The molecule has 0 aliphatic carbocycles. The van der Waals surface area contributed by atoms with Crippen molar-refractivity contribution >= 4 is 45.4 Å². The van der Waals surface area contributed by atoms with Gasteiger partial charge in [0.2, 0.25) is 11.8 Å². The number of anilines is 1. The van der Waals surface area contributed by atoms with E-state index in [2.05, 4.69) is 25.6 Å². The molecule has 0 aliphatic rings. The Balaban J connectivity index is 1.38. The average molecular weight is 419 g/mol. The standard InChI is InChI=1S/C21H17N5O3S/c1-13(27)22-11-15-7-8-19(29-15)18-12-30-21(25-18)26-20(28)9-6-14-10-23-16-4-2-3-5-17(16)24-14/h2-10,12H,11H2,1H3,(H,22,27)(H,25,26,28)/b9-6+. The third-order valence-electron chi connectivity index (χ3n) is 4.03. The van der Waals surface area contributed by atoms with Crippen molar-refractivity contribution in [2.45, 2.75) is 13.5 Å². The van der Waals surface area contributed by atoms with E-state index in [1.165, 1.54) is 24.3 Å². The number of rotatable bonds is 6. The lowest BCUT2D eigenvalue weighted by Crippen LogP contribution is -2.18. The van der Waals surface area contributed by atoms with Gasteiger partial charge in [0.1, 0.15) is 11.5 Å². The van der Waals surface area contributed by atoms with Crippen LogP contribution in [0.25, 0.3) is 28.6 Å². The molecule has 150 valence electrons. The van der Waals surface area contributed by atoms with Gasteiger partial charge in [0.05, 0.1) is 29.5 Å². The quantitative estimate of drug-likeness (QED) is 0.462. The van der Waals surface area contributed by atoms with Gasteiger partial charge in [0.15, 0.2) is 10.9 Å². The third kappa shape index (κ3) is 4.76. The zero-order valence-electron chi connectivity index (χ0n) is 16.0. The van der Waals surface area contributed by atoms with E-state index in [4.69, 9.17) is 4.42 Å². The maximum Gasteiger partial charge on any atom is 0.250 e. The van der Waals surface area contributed by atoms with Crippen LogP contribution in [0.2, 0.25) is 0 Å². The molecule has 2 amide bonds. The number of carbonyl (C=O) groups is 2. The Morgan fingerprint density at radius 3 is 2.80 bits per heavy atom. The van der Waals surface area contributed by atoms with Crippen LogP contribution in [0, 0.1) is 0 Å². The molecule has 30 heavy (non-hydrogen) atoms. The molecule has 3 heterocycles. The summed E-state index contributed by atoms with van der Waals surface area (Å²) in [6.07, 6.45) is 4.60. The number of benzene rings is 1. The van der Waals surface area contributed by atoms with Crippen LogP contribution >= 0.6 is 11.3 Å². The van der Waals surface area contributed by atoms with E-state index in [-0.39, 0.29) is 11.8 Å². The first kappa shape index (κ1) is 19.5. The second-order valence-corrected chi connectivity index (χ2v) is 7.18. The van der Waals surface area contributed by atoms with Crippen LogP contribution in [0.3, 0.4) is 0 Å². The maximum absolute atomic E-state index is 12.2. The first-order valence-electron chi connectivity index (χ1n) is 9.07. The Labute approximate surface area is 175 Å². The fourth-order valence-electron chi connectivity index (χ4n) is 2.63. The molecule has 4 aromatic rings. The molecule has 0 atom stereocenters. The highest BCUT2D eigenvalue weighted by atomic mass is 32.1. The van der Waals surface area contributed by atoms with E-state index in [9.17, 15) is 9.59 Å². The summed E-state index contributed by atoms with van der Waals surface area (Å²) in [6.45, 7) is 1.76. The van der Waals surface area contributed by atoms with Crippen molar-refractivity contribution in [3.8, 4) is 11.5 Å². The monoisotopic (exact) mass is 419 g/mol. The van der Waals surface area contributed by atoms with Crippen molar-refractivity contribution in [2.75, 3.05) is 5.32 Å². The van der Waals surface area contributed by atoms with Gasteiger partial charge in [0, 0.05) is 18.4 Å². The number of amides is 2. The first-order chi connectivity index (χ1) is 14.6. The average Bonchev–Trinajstić information content (AvgIpc) is 3.40. The van der Waals surface area contributed by atoms with Gasteiger partial charge in [-0.3, -0.25) is 19.9 Å². The zero-order valence-corrected chi connectivity index (χ0v) is 16.8. The number of nitrogens with one attached hydrogen (secondary N) is 2. The van der Waals surface area contributed by atoms with Crippen molar-refractivity contribution in [3.63, 3.8) is 0 Å². The van der Waals surface area contributed by atoms with Crippen LogP contribution in [0.1, 0.15) is 18.4 Å². The van der Waals surface area contributed by atoms with Crippen molar-refractivity contribution in [2.24, 2.45) is 0 Å². The van der Waals surface area contributed by atoms with Crippen molar-refractivity contribution in [1.82, 2.24) is 20.3 Å². The van der Waals surface area contributed by atoms with Crippen LogP contribution in [0.5, 0.6) is 0 Å². The highest BCUT2D eigenvalue weighted by molar-refractivity contribution is 7.14. The minimum atomic E-state index is -0.323. The predicted octanol–water partition coefficient (Wildman–Crippen LogP) is 3.63. The van der Waals surface area contributed by atoms with Crippen LogP contribution in [-0.2, 0) is 16.1 Å². The molecule has 1 aromatic carbocycles. The molecule has 4 rings (SSSR count). The number of para-hydroxylation sites is 2. The fraction of sp³-hybridized carbons (Fsp3) is 0.0952. The number of nitrogens with zero attached hydrogens (tertiary/aromatic N) is 3. The molecule has 9 heteroatoms.